The normalized spacial score (nSPS) is 12.0. The molecule has 3 rings (SSSR count). The zero-order valence-corrected chi connectivity index (χ0v) is 20.2. The van der Waals surface area contributed by atoms with E-state index in [9.17, 15) is 17.6 Å². The monoisotopic (exact) mass is 486 g/mol. The van der Waals surface area contributed by atoms with Gasteiger partial charge in [0.2, 0.25) is 5.91 Å². The summed E-state index contributed by atoms with van der Waals surface area (Å²) in [5, 5.41) is 2.77. The maximum atomic E-state index is 14.6. The van der Waals surface area contributed by atoms with E-state index in [-0.39, 0.29) is 10.6 Å². The van der Waals surface area contributed by atoms with Crippen LogP contribution in [0.1, 0.15) is 24.1 Å². The molecule has 0 bridgehead atoms. The van der Waals surface area contributed by atoms with Crippen molar-refractivity contribution in [2.75, 3.05) is 25.1 Å². The number of hydrogen-bond donors (Lipinski definition) is 1. The summed E-state index contributed by atoms with van der Waals surface area (Å²) in [6.07, 6.45) is 0. The molecule has 0 aromatic heterocycles. The van der Waals surface area contributed by atoms with Crippen LogP contribution in [0.25, 0.3) is 0 Å². The highest BCUT2D eigenvalue weighted by atomic mass is 32.2. The third-order valence-corrected chi connectivity index (χ3v) is 7.08. The van der Waals surface area contributed by atoms with Crippen molar-refractivity contribution in [3.05, 3.63) is 83.7 Å². The van der Waals surface area contributed by atoms with E-state index < -0.39 is 34.3 Å². The van der Waals surface area contributed by atoms with Gasteiger partial charge in [0.25, 0.3) is 10.0 Å². The largest absolute Gasteiger partial charge is 0.493 e. The van der Waals surface area contributed by atoms with Crippen LogP contribution in [-0.2, 0) is 14.8 Å². The average molecular weight is 487 g/mol. The second kappa shape index (κ2) is 10.6. The molecule has 0 saturated carbocycles. The van der Waals surface area contributed by atoms with Gasteiger partial charge in [0.1, 0.15) is 12.4 Å². The molecular weight excluding hydrogens is 459 g/mol. The number of carbonyl (C=O) groups is 1. The predicted octanol–water partition coefficient (Wildman–Crippen LogP) is 4.22. The Balaban J connectivity index is 1.89. The van der Waals surface area contributed by atoms with Crippen molar-refractivity contribution in [2.24, 2.45) is 0 Å². The first-order chi connectivity index (χ1) is 16.2. The van der Waals surface area contributed by atoms with E-state index >= 15 is 0 Å². The Bertz CT molecular complexity index is 1260. The zero-order valence-electron chi connectivity index (χ0n) is 19.4. The second-order valence-corrected chi connectivity index (χ2v) is 9.54. The number of halogens is 1. The molecule has 0 radical (unpaired) electrons. The zero-order chi connectivity index (χ0) is 24.9. The molecule has 0 fully saturated rings. The number of sulfonamides is 1. The smallest absolute Gasteiger partial charge is 0.264 e. The number of methoxy groups -OCH3 is 2. The Morgan fingerprint density at radius 2 is 1.65 bits per heavy atom. The van der Waals surface area contributed by atoms with E-state index in [4.69, 9.17) is 9.47 Å². The van der Waals surface area contributed by atoms with Crippen LogP contribution < -0.4 is 19.1 Å². The third-order valence-electron chi connectivity index (χ3n) is 5.30. The number of hydrogen-bond acceptors (Lipinski definition) is 5. The highest BCUT2D eigenvalue weighted by molar-refractivity contribution is 7.92. The Hall–Kier alpha value is -3.59. The van der Waals surface area contributed by atoms with Gasteiger partial charge in [-0.25, -0.2) is 12.8 Å². The molecule has 34 heavy (non-hydrogen) atoms. The molecule has 0 unspecified atom stereocenters. The first-order valence-corrected chi connectivity index (χ1v) is 12.0. The summed E-state index contributed by atoms with van der Waals surface area (Å²) < 4.78 is 52.7. The van der Waals surface area contributed by atoms with Crippen molar-refractivity contribution in [3.63, 3.8) is 0 Å². The molecule has 9 heteroatoms. The van der Waals surface area contributed by atoms with Gasteiger partial charge in [-0.15, -0.1) is 0 Å². The highest BCUT2D eigenvalue weighted by Gasteiger charge is 2.29. The van der Waals surface area contributed by atoms with Gasteiger partial charge in [0.05, 0.1) is 30.8 Å². The first kappa shape index (κ1) is 25.0. The number of nitrogens with one attached hydrogen (secondary N) is 1. The van der Waals surface area contributed by atoms with E-state index in [0.717, 1.165) is 21.5 Å². The number of benzene rings is 3. The fourth-order valence-corrected chi connectivity index (χ4v) is 4.84. The lowest BCUT2D eigenvalue weighted by Crippen LogP contribution is -2.42. The number of anilines is 1. The van der Waals surface area contributed by atoms with E-state index in [1.54, 1.807) is 37.3 Å². The lowest BCUT2D eigenvalue weighted by atomic mass is 10.1. The van der Waals surface area contributed by atoms with Gasteiger partial charge in [0, 0.05) is 0 Å². The number of amides is 1. The van der Waals surface area contributed by atoms with E-state index in [1.807, 2.05) is 6.92 Å². The molecule has 7 nitrogen and oxygen atoms in total. The molecule has 180 valence electrons. The first-order valence-electron chi connectivity index (χ1n) is 10.5. The Morgan fingerprint density at radius 1 is 1.00 bits per heavy atom. The quantitative estimate of drug-likeness (QED) is 0.490. The second-order valence-electron chi connectivity index (χ2n) is 7.68. The van der Waals surface area contributed by atoms with Crippen molar-refractivity contribution in [3.8, 4) is 11.5 Å². The third kappa shape index (κ3) is 5.48. The van der Waals surface area contributed by atoms with Crippen molar-refractivity contribution >= 4 is 21.6 Å². The molecule has 1 amide bonds. The van der Waals surface area contributed by atoms with Gasteiger partial charge >= 0.3 is 0 Å². The number of rotatable bonds is 9. The van der Waals surface area contributed by atoms with Crippen molar-refractivity contribution in [1.82, 2.24) is 5.32 Å². The maximum absolute atomic E-state index is 14.6. The van der Waals surface area contributed by atoms with E-state index in [0.29, 0.717) is 11.5 Å². The fraction of sp³-hybridized carbons (Fsp3) is 0.240. The minimum atomic E-state index is -4.21. The maximum Gasteiger partial charge on any atom is 0.264 e. The summed E-state index contributed by atoms with van der Waals surface area (Å²) in [4.78, 5) is 12.9. The summed E-state index contributed by atoms with van der Waals surface area (Å²) in [7, 11) is -1.18. The van der Waals surface area contributed by atoms with Crippen molar-refractivity contribution < 1.29 is 27.1 Å². The SMILES string of the molecule is COc1ccc([C@H](C)NC(=O)CN(c2ccccc2F)S(=O)(=O)c2ccc(C)cc2)cc1OC. The average Bonchev–Trinajstić information content (AvgIpc) is 2.82. The van der Waals surface area contributed by atoms with Gasteiger partial charge in [-0.2, -0.15) is 0 Å². The van der Waals surface area contributed by atoms with Crippen LogP contribution in [0.15, 0.2) is 71.6 Å². The number of nitrogens with zero attached hydrogens (tertiary/aromatic N) is 1. The van der Waals surface area contributed by atoms with Crippen LogP contribution in [0, 0.1) is 12.7 Å². The summed E-state index contributed by atoms with van der Waals surface area (Å²) in [5.41, 5.74) is 1.39. The lowest BCUT2D eigenvalue weighted by molar-refractivity contribution is -0.120. The summed E-state index contributed by atoms with van der Waals surface area (Å²) in [5.74, 6) is -0.309. The van der Waals surface area contributed by atoms with Gasteiger partial charge in [-0.3, -0.25) is 9.10 Å². The predicted molar refractivity (Wildman–Crippen MR) is 128 cm³/mol. The molecule has 0 aliphatic carbocycles. The van der Waals surface area contributed by atoms with Crippen LogP contribution in [0.3, 0.4) is 0 Å². The topological polar surface area (TPSA) is 84.9 Å². The minimum Gasteiger partial charge on any atom is -0.493 e. The minimum absolute atomic E-state index is 0.0397. The Kier molecular flexibility index (Phi) is 7.78. The molecule has 0 aliphatic heterocycles. The van der Waals surface area contributed by atoms with E-state index in [2.05, 4.69) is 5.32 Å². The van der Waals surface area contributed by atoms with Gasteiger partial charge in [0.15, 0.2) is 11.5 Å². The Labute approximate surface area is 199 Å². The molecule has 3 aromatic carbocycles. The van der Waals surface area contributed by atoms with Crippen LogP contribution >= 0.6 is 0 Å². The number of ether oxygens (including phenoxy) is 2. The fourth-order valence-electron chi connectivity index (χ4n) is 3.41. The molecule has 0 saturated heterocycles. The Morgan fingerprint density at radius 3 is 2.26 bits per heavy atom. The molecule has 1 atom stereocenters. The highest BCUT2D eigenvalue weighted by Crippen LogP contribution is 2.30. The van der Waals surface area contributed by atoms with Gasteiger partial charge in [-0.05, 0) is 55.8 Å². The van der Waals surface area contributed by atoms with Crippen LogP contribution in [0.5, 0.6) is 11.5 Å². The van der Waals surface area contributed by atoms with Crippen LogP contribution in [0.2, 0.25) is 0 Å². The molecule has 1 N–H and O–H groups in total. The number of para-hydroxylation sites is 1. The molecular formula is C25H27FN2O5S. The number of carbonyl (C=O) groups excluding carboxylic acids is 1. The van der Waals surface area contributed by atoms with E-state index in [1.165, 1.54) is 44.6 Å². The van der Waals surface area contributed by atoms with Crippen molar-refractivity contribution in [2.45, 2.75) is 24.8 Å². The lowest BCUT2D eigenvalue weighted by Gasteiger charge is -2.25. The molecule has 3 aromatic rings. The van der Waals surface area contributed by atoms with Crippen LogP contribution in [-0.4, -0.2) is 35.1 Å². The van der Waals surface area contributed by atoms with Gasteiger partial charge < -0.3 is 14.8 Å². The molecule has 0 aliphatic rings. The summed E-state index contributed by atoms with van der Waals surface area (Å²) >= 11 is 0. The molecule has 0 heterocycles. The molecule has 0 spiro atoms. The summed E-state index contributed by atoms with van der Waals surface area (Å²) in [6, 6.07) is 16.3. The standard InChI is InChI=1S/C25H27FN2O5S/c1-17-9-12-20(13-10-17)34(30,31)28(22-8-6-5-7-21(22)26)16-25(29)27-18(2)19-11-14-23(32-3)24(15-19)33-4/h5-15,18H,16H2,1-4H3,(H,27,29)/t18-/m0/s1. The summed E-state index contributed by atoms with van der Waals surface area (Å²) in [6.45, 7) is 2.98. The van der Waals surface area contributed by atoms with Gasteiger partial charge in [-0.1, -0.05) is 35.9 Å². The number of aryl methyl sites for hydroxylation is 1. The van der Waals surface area contributed by atoms with Crippen LogP contribution in [0.4, 0.5) is 10.1 Å². The van der Waals surface area contributed by atoms with Crippen molar-refractivity contribution in [1.29, 1.82) is 0 Å².